The molecule has 1 aromatic carbocycles. The first kappa shape index (κ1) is 13.2. The fourth-order valence-corrected chi connectivity index (χ4v) is 2.13. The predicted octanol–water partition coefficient (Wildman–Crippen LogP) is 2.36. The molecule has 0 aliphatic carbocycles. The van der Waals surface area contributed by atoms with E-state index in [4.69, 9.17) is 22.3 Å². The Morgan fingerprint density at radius 3 is 2.50 bits per heavy atom. The summed E-state index contributed by atoms with van der Waals surface area (Å²) in [6.45, 7) is 0. The summed E-state index contributed by atoms with van der Waals surface area (Å²) in [5.74, 6) is -0.390. The number of benzene rings is 1. The second kappa shape index (κ2) is 4.99. The van der Waals surface area contributed by atoms with Crippen molar-refractivity contribution in [2.24, 2.45) is 0 Å². The minimum atomic E-state index is -3.69. The van der Waals surface area contributed by atoms with Crippen molar-refractivity contribution < 1.29 is 13.3 Å². The van der Waals surface area contributed by atoms with E-state index in [1.165, 1.54) is 18.2 Å². The predicted molar refractivity (Wildman–Crippen MR) is 61.5 cm³/mol. The van der Waals surface area contributed by atoms with E-state index in [-0.39, 0.29) is 28.4 Å². The minimum absolute atomic E-state index is 0.0815. The zero-order chi connectivity index (χ0) is 12.3. The molecule has 16 heavy (non-hydrogen) atoms. The number of hydrogen-bond donors (Lipinski definition) is 0. The van der Waals surface area contributed by atoms with Crippen molar-refractivity contribution in [1.82, 2.24) is 0 Å². The summed E-state index contributed by atoms with van der Waals surface area (Å²) in [5.41, 5.74) is -0.0220. The maximum atomic E-state index is 10.7. The lowest BCUT2D eigenvalue weighted by molar-refractivity contribution is -0.385. The van der Waals surface area contributed by atoms with Gasteiger partial charge >= 0.3 is 0 Å². The third-order valence-corrected chi connectivity index (χ3v) is 3.40. The molecule has 0 heterocycles. The summed E-state index contributed by atoms with van der Waals surface area (Å²) in [5, 5.41) is 10.8. The highest BCUT2D eigenvalue weighted by molar-refractivity contribution is 8.13. The molecule has 5 nitrogen and oxygen atoms in total. The monoisotopic (exact) mass is 283 g/mol. The molecule has 0 amide bonds. The molecular weight excluding hydrogens is 277 g/mol. The van der Waals surface area contributed by atoms with Crippen LogP contribution < -0.4 is 0 Å². The number of rotatable bonds is 4. The van der Waals surface area contributed by atoms with E-state index in [9.17, 15) is 18.5 Å². The lowest BCUT2D eigenvalue weighted by Crippen LogP contribution is -2.04. The molecule has 0 fully saturated rings. The van der Waals surface area contributed by atoms with Crippen LogP contribution in [0.1, 0.15) is 5.56 Å². The molecule has 0 atom stereocenters. The lowest BCUT2D eigenvalue weighted by atomic mass is 10.1. The molecule has 1 aromatic rings. The van der Waals surface area contributed by atoms with Gasteiger partial charge in [0, 0.05) is 22.3 Å². The summed E-state index contributed by atoms with van der Waals surface area (Å²) in [6.07, 6.45) is -0.0815. The van der Waals surface area contributed by atoms with Crippen LogP contribution in [0.4, 0.5) is 5.69 Å². The van der Waals surface area contributed by atoms with Crippen LogP contribution in [-0.2, 0) is 15.5 Å². The Balaban J connectivity index is 3.07. The highest BCUT2D eigenvalue weighted by Gasteiger charge is 2.18. The second-order valence-electron chi connectivity index (χ2n) is 2.99. The van der Waals surface area contributed by atoms with Crippen LogP contribution in [-0.4, -0.2) is 19.1 Å². The zero-order valence-electron chi connectivity index (χ0n) is 7.89. The molecule has 0 saturated heterocycles. The summed E-state index contributed by atoms with van der Waals surface area (Å²) >= 11 is 5.76. The van der Waals surface area contributed by atoms with Crippen molar-refractivity contribution in [3.05, 3.63) is 38.9 Å². The summed E-state index contributed by atoms with van der Waals surface area (Å²) in [4.78, 5) is 10.1. The molecule has 0 aromatic heterocycles. The molecule has 0 bridgehead atoms. The van der Waals surface area contributed by atoms with Crippen LogP contribution in [0.25, 0.3) is 0 Å². The molecule has 0 unspecified atom stereocenters. The summed E-state index contributed by atoms with van der Waals surface area (Å²) in [6, 6.07) is 4.16. The first-order chi connectivity index (χ1) is 7.31. The van der Waals surface area contributed by atoms with Crippen LogP contribution in [0.3, 0.4) is 0 Å². The van der Waals surface area contributed by atoms with E-state index in [1.54, 1.807) is 0 Å². The summed E-state index contributed by atoms with van der Waals surface area (Å²) < 4.78 is 21.5. The molecule has 0 spiro atoms. The number of nitro benzene ring substituents is 1. The van der Waals surface area contributed by atoms with Gasteiger partial charge in [0.2, 0.25) is 9.05 Å². The van der Waals surface area contributed by atoms with Gasteiger partial charge in [-0.25, -0.2) is 8.42 Å². The average molecular weight is 284 g/mol. The topological polar surface area (TPSA) is 77.3 Å². The van der Waals surface area contributed by atoms with Gasteiger partial charge in [-0.2, -0.15) is 0 Å². The van der Waals surface area contributed by atoms with Crippen molar-refractivity contribution in [2.45, 2.75) is 6.42 Å². The van der Waals surface area contributed by atoms with Crippen molar-refractivity contribution in [3.8, 4) is 0 Å². The zero-order valence-corrected chi connectivity index (χ0v) is 10.2. The highest BCUT2D eigenvalue weighted by Crippen LogP contribution is 2.27. The van der Waals surface area contributed by atoms with Crippen molar-refractivity contribution >= 4 is 37.0 Å². The number of nitro groups is 1. The quantitative estimate of drug-likeness (QED) is 0.483. The number of nitrogens with zero attached hydrogens (tertiary/aromatic N) is 1. The maximum absolute atomic E-state index is 10.7. The van der Waals surface area contributed by atoms with Crippen LogP contribution >= 0.6 is 22.3 Å². The molecule has 0 aliphatic heterocycles. The third-order valence-electron chi connectivity index (χ3n) is 1.89. The van der Waals surface area contributed by atoms with Gasteiger partial charge < -0.3 is 0 Å². The van der Waals surface area contributed by atoms with Crippen molar-refractivity contribution in [3.63, 3.8) is 0 Å². The minimum Gasteiger partial charge on any atom is -0.258 e. The summed E-state index contributed by atoms with van der Waals surface area (Å²) in [7, 11) is 1.34. The molecular formula is C8H7Cl2NO4S. The van der Waals surface area contributed by atoms with Crippen molar-refractivity contribution in [1.29, 1.82) is 0 Å². The fourth-order valence-electron chi connectivity index (χ4n) is 1.19. The first-order valence-electron chi connectivity index (χ1n) is 4.15. The Morgan fingerprint density at radius 2 is 2.00 bits per heavy atom. The standard InChI is InChI=1S/C8H7Cl2NO4S/c9-7-2-1-3-8(11(12)13)6(7)4-5-16(10,14)15/h1-3H,4-5H2. The van der Waals surface area contributed by atoms with Gasteiger partial charge in [-0.15, -0.1) is 0 Å². The maximum Gasteiger partial charge on any atom is 0.274 e. The van der Waals surface area contributed by atoms with E-state index in [0.29, 0.717) is 0 Å². The third kappa shape index (κ3) is 3.62. The first-order valence-corrected chi connectivity index (χ1v) is 7.01. The molecule has 8 heteroatoms. The van der Waals surface area contributed by atoms with Gasteiger partial charge in [0.25, 0.3) is 5.69 Å². The van der Waals surface area contributed by atoms with Gasteiger partial charge in [-0.3, -0.25) is 10.1 Å². The Morgan fingerprint density at radius 1 is 1.38 bits per heavy atom. The van der Waals surface area contributed by atoms with Crippen LogP contribution in [0, 0.1) is 10.1 Å². The molecule has 0 radical (unpaired) electrons. The van der Waals surface area contributed by atoms with Gasteiger partial charge in [-0.05, 0) is 12.5 Å². The Hall–Kier alpha value is -0.850. The Labute approximate surface area is 102 Å². The fraction of sp³-hybridized carbons (Fsp3) is 0.250. The van der Waals surface area contributed by atoms with E-state index in [1.807, 2.05) is 0 Å². The van der Waals surface area contributed by atoms with E-state index < -0.39 is 14.0 Å². The van der Waals surface area contributed by atoms with Gasteiger partial charge in [-0.1, -0.05) is 17.7 Å². The largest absolute Gasteiger partial charge is 0.274 e. The number of halogens is 2. The Kier molecular flexibility index (Phi) is 4.12. The number of hydrogen-bond acceptors (Lipinski definition) is 4. The van der Waals surface area contributed by atoms with E-state index in [0.717, 1.165) is 0 Å². The van der Waals surface area contributed by atoms with Crippen molar-refractivity contribution in [2.75, 3.05) is 5.75 Å². The lowest BCUT2D eigenvalue weighted by Gasteiger charge is -2.03. The Bertz CT molecular complexity index is 515. The molecule has 1 rings (SSSR count). The van der Waals surface area contributed by atoms with E-state index in [2.05, 4.69) is 0 Å². The van der Waals surface area contributed by atoms with E-state index >= 15 is 0 Å². The molecule has 0 N–H and O–H groups in total. The molecule has 0 saturated carbocycles. The molecule has 0 aliphatic rings. The SMILES string of the molecule is O=[N+]([O-])c1cccc(Cl)c1CCS(=O)(=O)Cl. The highest BCUT2D eigenvalue weighted by atomic mass is 35.7. The normalized spacial score (nSPS) is 11.4. The van der Waals surface area contributed by atoms with Crippen LogP contribution in [0.15, 0.2) is 18.2 Å². The van der Waals surface area contributed by atoms with Crippen LogP contribution in [0.5, 0.6) is 0 Å². The van der Waals surface area contributed by atoms with Gasteiger partial charge in [0.1, 0.15) is 0 Å². The smallest absolute Gasteiger partial charge is 0.258 e. The second-order valence-corrected chi connectivity index (χ2v) is 6.29. The molecule has 88 valence electrons. The van der Waals surface area contributed by atoms with Gasteiger partial charge in [0.05, 0.1) is 15.7 Å². The average Bonchev–Trinajstić information content (AvgIpc) is 2.13. The van der Waals surface area contributed by atoms with Crippen LogP contribution in [0.2, 0.25) is 5.02 Å². The van der Waals surface area contributed by atoms with Gasteiger partial charge in [0.15, 0.2) is 0 Å².